The van der Waals surface area contributed by atoms with Gasteiger partial charge in [-0.3, -0.25) is 9.10 Å². The Hall–Kier alpha value is -2.58. The summed E-state index contributed by atoms with van der Waals surface area (Å²) in [6.07, 6.45) is 1.03. The van der Waals surface area contributed by atoms with Gasteiger partial charge in [-0.25, -0.2) is 13.2 Å². The van der Waals surface area contributed by atoms with Crippen molar-refractivity contribution in [3.05, 3.63) is 58.6 Å². The third kappa shape index (κ3) is 5.71. The minimum Gasteiger partial charge on any atom is -0.462 e. The van der Waals surface area contributed by atoms with Gasteiger partial charge in [0.25, 0.3) is 0 Å². The summed E-state index contributed by atoms with van der Waals surface area (Å²) in [5.41, 5.74) is 1.86. The maximum absolute atomic E-state index is 12.7. The molecule has 0 saturated carbocycles. The number of benzene rings is 2. The normalized spacial score (nSPS) is 12.2. The van der Waals surface area contributed by atoms with Gasteiger partial charge in [-0.2, -0.15) is 0 Å². The van der Waals surface area contributed by atoms with Crippen LogP contribution in [0.1, 0.15) is 29.8 Å². The predicted molar refractivity (Wildman–Crippen MR) is 114 cm³/mol. The number of halogens is 1. The Morgan fingerprint density at radius 1 is 1.17 bits per heavy atom. The molecule has 0 heterocycles. The van der Waals surface area contributed by atoms with Crippen molar-refractivity contribution in [2.24, 2.45) is 0 Å². The molecule has 0 aliphatic rings. The number of aryl methyl sites for hydroxylation is 1. The highest BCUT2D eigenvalue weighted by molar-refractivity contribution is 7.92. The molecule has 0 fully saturated rings. The summed E-state index contributed by atoms with van der Waals surface area (Å²) >= 11 is 6.12. The van der Waals surface area contributed by atoms with E-state index in [0.29, 0.717) is 22.0 Å². The molecule has 2 aromatic rings. The molecule has 1 atom stereocenters. The third-order valence-electron chi connectivity index (χ3n) is 4.16. The monoisotopic (exact) mass is 438 g/mol. The van der Waals surface area contributed by atoms with Gasteiger partial charge in [-0.15, -0.1) is 0 Å². The lowest BCUT2D eigenvalue weighted by molar-refractivity contribution is -0.116. The first-order valence-corrected chi connectivity index (χ1v) is 11.1. The Kier molecular flexibility index (Phi) is 7.26. The molecule has 156 valence electrons. The van der Waals surface area contributed by atoms with Crippen LogP contribution in [0.4, 0.5) is 11.4 Å². The van der Waals surface area contributed by atoms with Gasteiger partial charge in [0.15, 0.2) is 0 Å². The number of hydrogen-bond donors (Lipinski definition) is 1. The van der Waals surface area contributed by atoms with Crippen LogP contribution < -0.4 is 9.62 Å². The van der Waals surface area contributed by atoms with Crippen LogP contribution in [-0.2, 0) is 19.6 Å². The van der Waals surface area contributed by atoms with Crippen molar-refractivity contribution >= 4 is 44.9 Å². The number of hydrogen-bond acceptors (Lipinski definition) is 5. The van der Waals surface area contributed by atoms with Crippen LogP contribution in [0, 0.1) is 6.92 Å². The third-order valence-corrected chi connectivity index (χ3v) is 5.81. The molecule has 2 aromatic carbocycles. The van der Waals surface area contributed by atoms with E-state index >= 15 is 0 Å². The predicted octanol–water partition coefficient (Wildman–Crippen LogP) is 3.62. The molecule has 7 nitrogen and oxygen atoms in total. The van der Waals surface area contributed by atoms with Crippen molar-refractivity contribution in [2.75, 3.05) is 22.5 Å². The number of carbonyl (C=O) groups excluding carboxylic acids is 2. The van der Waals surface area contributed by atoms with Crippen molar-refractivity contribution in [3.8, 4) is 0 Å². The summed E-state index contributed by atoms with van der Waals surface area (Å²) in [5, 5.41) is 3.06. The Balaban J connectivity index is 2.23. The summed E-state index contributed by atoms with van der Waals surface area (Å²) in [4.78, 5) is 24.4. The Morgan fingerprint density at radius 2 is 1.79 bits per heavy atom. The molecular formula is C20H23ClN2O5S. The fraction of sp³-hybridized carbons (Fsp3) is 0.300. The maximum atomic E-state index is 12.7. The molecule has 1 amide bonds. The van der Waals surface area contributed by atoms with Crippen molar-refractivity contribution in [2.45, 2.75) is 26.8 Å². The van der Waals surface area contributed by atoms with E-state index in [-0.39, 0.29) is 6.61 Å². The average molecular weight is 439 g/mol. The van der Waals surface area contributed by atoms with E-state index in [2.05, 4.69) is 5.32 Å². The second-order valence-corrected chi connectivity index (χ2v) is 8.72. The van der Waals surface area contributed by atoms with Crippen LogP contribution in [0.25, 0.3) is 0 Å². The van der Waals surface area contributed by atoms with E-state index in [1.165, 1.54) is 25.1 Å². The molecule has 9 heteroatoms. The zero-order valence-electron chi connectivity index (χ0n) is 16.6. The number of esters is 1. The minimum atomic E-state index is -3.76. The summed E-state index contributed by atoms with van der Waals surface area (Å²) in [6.45, 7) is 5.26. The quantitative estimate of drug-likeness (QED) is 0.666. The highest BCUT2D eigenvalue weighted by atomic mass is 35.5. The number of ether oxygens (including phenoxy) is 1. The van der Waals surface area contributed by atoms with Crippen LogP contribution >= 0.6 is 11.6 Å². The van der Waals surface area contributed by atoms with E-state index in [1.807, 2.05) is 0 Å². The van der Waals surface area contributed by atoms with Gasteiger partial charge >= 0.3 is 5.97 Å². The second kappa shape index (κ2) is 9.28. The van der Waals surface area contributed by atoms with Gasteiger partial charge in [0.05, 0.1) is 24.1 Å². The first kappa shape index (κ1) is 22.7. The molecule has 0 saturated heterocycles. The highest BCUT2D eigenvalue weighted by Crippen LogP contribution is 2.27. The zero-order chi connectivity index (χ0) is 21.8. The average Bonchev–Trinajstić information content (AvgIpc) is 2.64. The smallest absolute Gasteiger partial charge is 0.338 e. The molecule has 0 aromatic heterocycles. The Labute approximate surface area is 175 Å². The van der Waals surface area contributed by atoms with Crippen LogP contribution in [0.15, 0.2) is 42.5 Å². The topological polar surface area (TPSA) is 92.8 Å². The lowest BCUT2D eigenvalue weighted by atomic mass is 10.2. The molecule has 29 heavy (non-hydrogen) atoms. The number of sulfonamides is 1. The van der Waals surface area contributed by atoms with Gasteiger partial charge in [-0.1, -0.05) is 17.7 Å². The van der Waals surface area contributed by atoms with E-state index in [9.17, 15) is 18.0 Å². The molecule has 0 bridgehead atoms. The molecule has 1 unspecified atom stereocenters. The molecule has 0 radical (unpaired) electrons. The van der Waals surface area contributed by atoms with E-state index in [1.54, 1.807) is 38.1 Å². The Morgan fingerprint density at radius 3 is 2.31 bits per heavy atom. The fourth-order valence-corrected chi connectivity index (χ4v) is 4.02. The van der Waals surface area contributed by atoms with E-state index in [4.69, 9.17) is 16.3 Å². The molecular weight excluding hydrogens is 416 g/mol. The first-order chi connectivity index (χ1) is 13.5. The van der Waals surface area contributed by atoms with Gasteiger partial charge in [0, 0.05) is 10.7 Å². The van der Waals surface area contributed by atoms with E-state index in [0.717, 1.165) is 16.1 Å². The summed E-state index contributed by atoms with van der Waals surface area (Å²) in [5.74, 6) is -0.991. The number of rotatable bonds is 7. The van der Waals surface area contributed by atoms with Gasteiger partial charge in [-0.05, 0) is 62.7 Å². The molecule has 0 aliphatic carbocycles. The molecule has 0 spiro atoms. The zero-order valence-corrected chi connectivity index (χ0v) is 18.2. The van der Waals surface area contributed by atoms with Crippen molar-refractivity contribution in [1.82, 2.24) is 0 Å². The summed E-state index contributed by atoms with van der Waals surface area (Å²) in [7, 11) is -3.76. The first-order valence-electron chi connectivity index (χ1n) is 8.88. The van der Waals surface area contributed by atoms with Crippen LogP contribution in [0.2, 0.25) is 5.02 Å². The standard InChI is InChI=1S/C20H23ClN2O5S/c1-5-28-20(25)15-7-9-16(10-8-15)22-19(24)14(3)23(29(4,26)27)17-11-6-13(2)18(21)12-17/h6-12,14H,5H2,1-4H3,(H,22,24). The van der Waals surface area contributed by atoms with Crippen molar-refractivity contribution in [3.63, 3.8) is 0 Å². The van der Waals surface area contributed by atoms with Gasteiger partial charge < -0.3 is 10.1 Å². The van der Waals surface area contributed by atoms with Gasteiger partial charge in [0.2, 0.25) is 15.9 Å². The van der Waals surface area contributed by atoms with Crippen LogP contribution in [0.5, 0.6) is 0 Å². The number of nitrogens with zero attached hydrogens (tertiary/aromatic N) is 1. The molecule has 0 aliphatic heterocycles. The number of amides is 1. The SMILES string of the molecule is CCOC(=O)c1ccc(NC(=O)C(C)N(c2ccc(C)c(Cl)c2)S(C)(=O)=O)cc1. The summed E-state index contributed by atoms with van der Waals surface area (Å²) in [6, 6.07) is 9.89. The highest BCUT2D eigenvalue weighted by Gasteiger charge is 2.29. The van der Waals surface area contributed by atoms with Crippen LogP contribution in [0.3, 0.4) is 0 Å². The minimum absolute atomic E-state index is 0.263. The van der Waals surface area contributed by atoms with Crippen molar-refractivity contribution in [1.29, 1.82) is 0 Å². The second-order valence-electron chi connectivity index (χ2n) is 6.46. The van der Waals surface area contributed by atoms with Gasteiger partial charge in [0.1, 0.15) is 6.04 Å². The number of anilines is 2. The molecule has 1 N–H and O–H groups in total. The van der Waals surface area contributed by atoms with E-state index < -0.39 is 27.9 Å². The van der Waals surface area contributed by atoms with Crippen molar-refractivity contribution < 1.29 is 22.7 Å². The number of carbonyl (C=O) groups is 2. The maximum Gasteiger partial charge on any atom is 0.338 e. The lowest BCUT2D eigenvalue weighted by Gasteiger charge is -2.28. The van der Waals surface area contributed by atoms with Crippen LogP contribution in [-0.4, -0.2) is 39.2 Å². The summed E-state index contributed by atoms with van der Waals surface area (Å²) < 4.78 is 30.6. The fourth-order valence-electron chi connectivity index (χ4n) is 2.68. The Bertz CT molecular complexity index is 1010. The number of nitrogens with one attached hydrogen (secondary N) is 1. The largest absolute Gasteiger partial charge is 0.462 e. The lowest BCUT2D eigenvalue weighted by Crippen LogP contribution is -2.45. The molecule has 2 rings (SSSR count).